The van der Waals surface area contributed by atoms with E-state index in [4.69, 9.17) is 26.1 Å². The Morgan fingerprint density at radius 2 is 1.90 bits per heavy atom. The summed E-state index contributed by atoms with van der Waals surface area (Å²) in [5.74, 6) is 1.95. The van der Waals surface area contributed by atoms with Gasteiger partial charge in [0.2, 0.25) is 0 Å². The number of imidazole rings is 1. The lowest BCUT2D eigenvalue weighted by Crippen LogP contribution is -2.45. The van der Waals surface area contributed by atoms with Crippen molar-refractivity contribution in [2.24, 2.45) is 11.8 Å². The Kier molecular flexibility index (Phi) is 7.57. The third kappa shape index (κ3) is 5.48. The summed E-state index contributed by atoms with van der Waals surface area (Å²) in [4.78, 5) is 31.3. The van der Waals surface area contributed by atoms with E-state index in [9.17, 15) is 4.79 Å². The summed E-state index contributed by atoms with van der Waals surface area (Å²) >= 11 is 6.64. The number of pyridine rings is 1. The quantitative estimate of drug-likeness (QED) is 0.396. The standard InChI is InChI=1S/C29H36ClN7O3/c1-35(2)29(38)40-26-20-5-4-19(16-20)23(26)32-24-22(30)17-31-28-25(24)33-27(34-28)18-6-8-21(9-7-18)39-15-14-37-12-10-36(3)11-13-37/h4-9,17,19-20,23,26H,10-16H2,1-3H3,(H2,31,32,33,34)/t19-,20+,23+,26-/m0/s1. The zero-order valence-corrected chi connectivity index (χ0v) is 23.9. The summed E-state index contributed by atoms with van der Waals surface area (Å²) in [5.41, 5.74) is 2.90. The number of H-pyrrole nitrogens is 1. The highest BCUT2D eigenvalue weighted by Crippen LogP contribution is 2.44. The first-order chi connectivity index (χ1) is 19.4. The van der Waals surface area contributed by atoms with E-state index in [-0.39, 0.29) is 30.1 Å². The van der Waals surface area contributed by atoms with Crippen LogP contribution in [0.3, 0.4) is 0 Å². The Morgan fingerprint density at radius 3 is 2.65 bits per heavy atom. The number of halogens is 1. The van der Waals surface area contributed by atoms with Crippen LogP contribution in [0, 0.1) is 11.8 Å². The number of ether oxygens (including phenoxy) is 2. The summed E-state index contributed by atoms with van der Waals surface area (Å²) in [7, 11) is 5.54. The van der Waals surface area contributed by atoms with Crippen molar-refractivity contribution in [2.45, 2.75) is 18.6 Å². The van der Waals surface area contributed by atoms with Gasteiger partial charge in [-0.25, -0.2) is 14.8 Å². The zero-order valence-electron chi connectivity index (χ0n) is 23.1. The summed E-state index contributed by atoms with van der Waals surface area (Å²) in [6.07, 6.45) is 6.26. The number of amides is 1. The molecule has 0 unspecified atom stereocenters. The number of carbonyl (C=O) groups excluding carboxylic acids is 1. The lowest BCUT2D eigenvalue weighted by Gasteiger charge is -2.32. The number of rotatable bonds is 8. The van der Waals surface area contributed by atoms with Crippen molar-refractivity contribution in [3.05, 3.63) is 47.6 Å². The Bertz CT molecular complexity index is 1380. The van der Waals surface area contributed by atoms with E-state index in [0.29, 0.717) is 34.3 Å². The number of aromatic nitrogens is 3. The van der Waals surface area contributed by atoms with E-state index < -0.39 is 0 Å². The average Bonchev–Trinajstić information content (AvgIpc) is 3.68. The molecule has 1 saturated carbocycles. The molecule has 2 aliphatic carbocycles. The topological polar surface area (TPSA) is 98.8 Å². The van der Waals surface area contributed by atoms with Crippen molar-refractivity contribution < 1.29 is 14.3 Å². The van der Waals surface area contributed by atoms with Gasteiger partial charge in [-0.1, -0.05) is 23.8 Å². The number of nitrogens with one attached hydrogen (secondary N) is 2. The van der Waals surface area contributed by atoms with Crippen LogP contribution in [0.15, 0.2) is 42.6 Å². The molecule has 0 radical (unpaired) electrons. The predicted octanol–water partition coefficient (Wildman–Crippen LogP) is 3.96. The van der Waals surface area contributed by atoms with Crippen LogP contribution >= 0.6 is 11.6 Å². The summed E-state index contributed by atoms with van der Waals surface area (Å²) in [6, 6.07) is 7.82. The number of benzene rings is 1. The fourth-order valence-corrected chi connectivity index (χ4v) is 5.99. The molecule has 212 valence electrons. The molecule has 3 aliphatic rings. The highest BCUT2D eigenvalue weighted by Gasteiger charge is 2.47. The van der Waals surface area contributed by atoms with Crippen molar-refractivity contribution in [1.82, 2.24) is 29.7 Å². The van der Waals surface area contributed by atoms with E-state index in [0.717, 1.165) is 50.5 Å². The van der Waals surface area contributed by atoms with Gasteiger partial charge in [0.1, 0.15) is 29.8 Å². The molecule has 2 fully saturated rings. The Hall–Kier alpha value is -3.34. The highest BCUT2D eigenvalue weighted by atomic mass is 35.5. The molecule has 1 amide bonds. The van der Waals surface area contributed by atoms with Crippen molar-refractivity contribution >= 4 is 34.5 Å². The molecule has 4 atom stereocenters. The Morgan fingerprint density at radius 1 is 1.15 bits per heavy atom. The van der Waals surface area contributed by atoms with Crippen LogP contribution in [0.5, 0.6) is 5.75 Å². The van der Waals surface area contributed by atoms with Gasteiger partial charge in [0.05, 0.1) is 22.9 Å². The maximum absolute atomic E-state index is 12.4. The molecule has 2 N–H and O–H groups in total. The second-order valence-electron chi connectivity index (χ2n) is 11.1. The first kappa shape index (κ1) is 26.9. The fraction of sp³-hybridized carbons (Fsp3) is 0.483. The fourth-order valence-electron chi connectivity index (χ4n) is 5.79. The summed E-state index contributed by atoms with van der Waals surface area (Å²) in [6.45, 7) is 5.96. The predicted molar refractivity (Wildman–Crippen MR) is 156 cm³/mol. The first-order valence-corrected chi connectivity index (χ1v) is 14.2. The van der Waals surface area contributed by atoms with Gasteiger partial charge in [0.25, 0.3) is 0 Å². The number of piperazine rings is 1. The molecular formula is C29H36ClN7O3. The summed E-state index contributed by atoms with van der Waals surface area (Å²) < 4.78 is 11.9. The number of aromatic amines is 1. The maximum atomic E-state index is 12.4. The number of carbonyl (C=O) groups is 1. The van der Waals surface area contributed by atoms with Crippen LogP contribution in [-0.4, -0.2) is 108 Å². The minimum absolute atomic E-state index is 0.107. The largest absolute Gasteiger partial charge is 0.492 e. The Labute approximate surface area is 239 Å². The van der Waals surface area contributed by atoms with Crippen LogP contribution in [0.1, 0.15) is 6.42 Å². The second kappa shape index (κ2) is 11.3. The van der Waals surface area contributed by atoms with Crippen LogP contribution in [0.2, 0.25) is 5.02 Å². The van der Waals surface area contributed by atoms with Crippen molar-refractivity contribution in [2.75, 3.05) is 65.8 Å². The van der Waals surface area contributed by atoms with Crippen molar-refractivity contribution in [1.29, 1.82) is 0 Å². The number of hydrogen-bond donors (Lipinski definition) is 2. The molecule has 3 heterocycles. The lowest BCUT2D eigenvalue weighted by atomic mass is 9.98. The molecule has 6 rings (SSSR count). The molecule has 2 bridgehead atoms. The van der Waals surface area contributed by atoms with E-state index in [1.165, 1.54) is 4.90 Å². The maximum Gasteiger partial charge on any atom is 0.409 e. The number of nitrogens with zero attached hydrogens (tertiary/aromatic N) is 5. The van der Waals surface area contributed by atoms with Crippen LogP contribution in [0.25, 0.3) is 22.6 Å². The minimum atomic E-state index is -0.350. The molecule has 1 saturated heterocycles. The van der Waals surface area contributed by atoms with Crippen LogP contribution in [0.4, 0.5) is 10.5 Å². The van der Waals surface area contributed by atoms with Gasteiger partial charge < -0.3 is 29.6 Å². The zero-order chi connectivity index (χ0) is 27.8. The molecule has 1 aliphatic heterocycles. The molecule has 11 heteroatoms. The number of anilines is 1. The number of fused-ring (bicyclic) bond motifs is 3. The molecule has 0 spiro atoms. The third-order valence-electron chi connectivity index (χ3n) is 8.17. The molecule has 1 aromatic carbocycles. The smallest absolute Gasteiger partial charge is 0.409 e. The summed E-state index contributed by atoms with van der Waals surface area (Å²) in [5, 5.41) is 4.05. The third-order valence-corrected chi connectivity index (χ3v) is 8.45. The van der Waals surface area contributed by atoms with Gasteiger partial charge in [-0.15, -0.1) is 0 Å². The molecule has 3 aromatic rings. The van der Waals surface area contributed by atoms with E-state index in [1.807, 2.05) is 24.3 Å². The minimum Gasteiger partial charge on any atom is -0.492 e. The van der Waals surface area contributed by atoms with E-state index in [2.05, 4.69) is 44.3 Å². The molecule has 2 aromatic heterocycles. The number of likely N-dealkylation sites (N-methyl/N-ethyl adjacent to an activating group) is 1. The van der Waals surface area contributed by atoms with Crippen molar-refractivity contribution in [3.8, 4) is 17.1 Å². The van der Waals surface area contributed by atoms with Gasteiger partial charge in [-0.3, -0.25) is 4.90 Å². The second-order valence-corrected chi connectivity index (χ2v) is 11.5. The van der Waals surface area contributed by atoms with Crippen molar-refractivity contribution in [3.63, 3.8) is 0 Å². The molecule has 10 nitrogen and oxygen atoms in total. The number of hydrogen-bond acceptors (Lipinski definition) is 8. The van der Waals surface area contributed by atoms with Gasteiger partial charge >= 0.3 is 6.09 Å². The van der Waals surface area contributed by atoms with Gasteiger partial charge in [-0.2, -0.15) is 0 Å². The van der Waals surface area contributed by atoms with E-state index in [1.54, 1.807) is 20.3 Å². The van der Waals surface area contributed by atoms with Crippen LogP contribution in [-0.2, 0) is 4.74 Å². The Balaban J connectivity index is 1.16. The van der Waals surface area contributed by atoms with Gasteiger partial charge in [0.15, 0.2) is 5.65 Å². The monoisotopic (exact) mass is 565 g/mol. The lowest BCUT2D eigenvalue weighted by molar-refractivity contribution is 0.0574. The first-order valence-electron chi connectivity index (χ1n) is 13.9. The van der Waals surface area contributed by atoms with E-state index >= 15 is 0 Å². The van der Waals surface area contributed by atoms with Gasteiger partial charge in [-0.05, 0) is 37.7 Å². The SMILES string of the molecule is CN1CCN(CCOc2ccc(-c3nc4c(N[C@H]5[C@@H](OC(=O)N(C)C)[C@@H]6C=C[C@H]5C6)c(Cl)cnc4[nH]3)cc2)CC1. The average molecular weight is 566 g/mol. The van der Waals surface area contributed by atoms with Crippen LogP contribution < -0.4 is 10.1 Å². The van der Waals surface area contributed by atoms with Gasteiger partial charge in [0, 0.05) is 64.2 Å². The highest BCUT2D eigenvalue weighted by molar-refractivity contribution is 6.34. The molecule has 40 heavy (non-hydrogen) atoms. The molecular weight excluding hydrogens is 530 g/mol. The normalized spacial score (nSPS) is 24.5.